The predicted molar refractivity (Wildman–Crippen MR) is 88.7 cm³/mol. The van der Waals surface area contributed by atoms with Gasteiger partial charge in [-0.25, -0.2) is 4.79 Å². The van der Waals surface area contributed by atoms with Crippen LogP contribution in [0.3, 0.4) is 0 Å². The zero-order valence-electron chi connectivity index (χ0n) is 13.1. The minimum absolute atomic E-state index is 0.160. The molecule has 23 heavy (non-hydrogen) atoms. The van der Waals surface area contributed by atoms with Gasteiger partial charge in [-0.2, -0.15) is 0 Å². The van der Waals surface area contributed by atoms with Gasteiger partial charge in [-0.3, -0.25) is 4.79 Å². The van der Waals surface area contributed by atoms with Gasteiger partial charge in [-0.15, -0.1) is 0 Å². The van der Waals surface area contributed by atoms with Crippen LogP contribution in [0.5, 0.6) is 0 Å². The number of nitrogens with two attached hydrogens (primary N) is 1. The Balaban J connectivity index is 1.99. The summed E-state index contributed by atoms with van der Waals surface area (Å²) in [4.78, 5) is 25.3. The Labute approximate surface area is 135 Å². The zero-order valence-corrected chi connectivity index (χ0v) is 13.1. The number of hydrogen-bond acceptors (Lipinski definition) is 2. The molecule has 0 fully saturated rings. The van der Waals surface area contributed by atoms with Gasteiger partial charge in [-0.05, 0) is 29.2 Å². The van der Waals surface area contributed by atoms with Gasteiger partial charge in [0.2, 0.25) is 5.91 Å². The van der Waals surface area contributed by atoms with E-state index in [0.29, 0.717) is 0 Å². The van der Waals surface area contributed by atoms with Crippen molar-refractivity contribution in [2.24, 2.45) is 5.73 Å². The molecule has 118 valence electrons. The number of nitrogens with one attached hydrogen (secondary N) is 1. The topological polar surface area (TPSA) is 75.4 Å². The highest BCUT2D eigenvalue weighted by Crippen LogP contribution is 2.45. The van der Waals surface area contributed by atoms with E-state index in [0.717, 1.165) is 22.3 Å². The smallest absolute Gasteiger partial charge is 0.312 e. The van der Waals surface area contributed by atoms with Crippen LogP contribution in [0.2, 0.25) is 0 Å². The van der Waals surface area contributed by atoms with Gasteiger partial charge >= 0.3 is 6.03 Å². The van der Waals surface area contributed by atoms with Gasteiger partial charge in [-0.1, -0.05) is 48.5 Å². The second kappa shape index (κ2) is 5.76. The summed E-state index contributed by atoms with van der Waals surface area (Å²) in [7, 11) is 1.76. The summed E-state index contributed by atoms with van der Waals surface area (Å²) in [6.07, 6.45) is 0. The van der Waals surface area contributed by atoms with Gasteiger partial charge in [0.05, 0.1) is 6.04 Å². The first-order chi connectivity index (χ1) is 11.0. The SMILES string of the molecule is CC(NC(N)=O)C(=O)N(C)C1c2ccccc2-c2ccccc21. The van der Waals surface area contributed by atoms with Crippen molar-refractivity contribution in [3.8, 4) is 11.1 Å². The molecule has 2 aromatic rings. The maximum Gasteiger partial charge on any atom is 0.312 e. The summed E-state index contributed by atoms with van der Waals surface area (Å²) in [5, 5.41) is 2.44. The molecule has 0 bridgehead atoms. The normalized spacial score (nSPS) is 13.8. The number of carbonyl (C=O) groups excluding carboxylic acids is 2. The quantitative estimate of drug-likeness (QED) is 0.912. The highest BCUT2D eigenvalue weighted by molar-refractivity contribution is 5.88. The zero-order chi connectivity index (χ0) is 16.6. The molecule has 2 aromatic carbocycles. The third-order valence-electron chi connectivity index (χ3n) is 4.27. The van der Waals surface area contributed by atoms with Crippen molar-refractivity contribution >= 4 is 11.9 Å². The highest BCUT2D eigenvalue weighted by Gasteiger charge is 2.34. The number of primary amides is 1. The highest BCUT2D eigenvalue weighted by atomic mass is 16.2. The summed E-state index contributed by atoms with van der Waals surface area (Å²) in [5.74, 6) is -0.180. The third kappa shape index (κ3) is 2.54. The van der Waals surface area contributed by atoms with Gasteiger partial charge in [0, 0.05) is 7.05 Å². The Kier molecular flexibility index (Phi) is 3.78. The number of urea groups is 1. The lowest BCUT2D eigenvalue weighted by Crippen LogP contribution is -2.48. The molecule has 5 heteroatoms. The van der Waals surface area contributed by atoms with E-state index in [1.807, 2.05) is 36.4 Å². The molecule has 0 aromatic heterocycles. The van der Waals surface area contributed by atoms with Crippen molar-refractivity contribution in [1.29, 1.82) is 0 Å². The summed E-state index contributed by atoms with van der Waals surface area (Å²) < 4.78 is 0. The van der Waals surface area contributed by atoms with Crippen molar-refractivity contribution in [2.75, 3.05) is 7.05 Å². The number of hydrogen-bond donors (Lipinski definition) is 2. The Bertz CT molecular complexity index is 727. The average molecular weight is 309 g/mol. The second-order valence-electron chi connectivity index (χ2n) is 5.76. The maximum absolute atomic E-state index is 12.6. The summed E-state index contributed by atoms with van der Waals surface area (Å²) in [5.41, 5.74) is 9.59. The van der Waals surface area contributed by atoms with Crippen LogP contribution in [0.4, 0.5) is 4.79 Å². The molecule has 3 N–H and O–H groups in total. The lowest BCUT2D eigenvalue weighted by atomic mass is 10.0. The monoisotopic (exact) mass is 309 g/mol. The fraction of sp³-hybridized carbons (Fsp3) is 0.222. The van der Waals surface area contributed by atoms with Crippen LogP contribution in [0.25, 0.3) is 11.1 Å². The molecule has 5 nitrogen and oxygen atoms in total. The van der Waals surface area contributed by atoms with E-state index >= 15 is 0 Å². The van der Waals surface area contributed by atoms with Crippen molar-refractivity contribution in [3.63, 3.8) is 0 Å². The van der Waals surface area contributed by atoms with Crippen molar-refractivity contribution < 1.29 is 9.59 Å². The van der Waals surface area contributed by atoms with Gasteiger partial charge in [0.25, 0.3) is 0 Å². The van der Waals surface area contributed by atoms with E-state index in [9.17, 15) is 9.59 Å². The molecule has 1 aliphatic rings. The molecule has 1 aliphatic carbocycles. The fourth-order valence-corrected chi connectivity index (χ4v) is 3.25. The minimum atomic E-state index is -0.702. The number of likely N-dealkylation sites (N-methyl/N-ethyl adjacent to an activating group) is 1. The molecule has 3 amide bonds. The standard InChI is InChI=1S/C18H19N3O2/c1-11(20-18(19)23)17(22)21(2)16-14-9-5-3-7-12(14)13-8-4-6-10-15(13)16/h3-11,16H,1-2H3,(H3,19,20,23). The molecule has 3 rings (SSSR count). The molecule has 1 atom stereocenters. The lowest BCUT2D eigenvalue weighted by molar-refractivity contribution is -0.132. The van der Waals surface area contributed by atoms with Crippen molar-refractivity contribution in [1.82, 2.24) is 10.2 Å². The van der Waals surface area contributed by atoms with Crippen LogP contribution in [0.15, 0.2) is 48.5 Å². The Morgan fingerprint density at radius 2 is 1.52 bits per heavy atom. The number of benzene rings is 2. The largest absolute Gasteiger partial charge is 0.352 e. The number of rotatable bonds is 3. The molecule has 0 spiro atoms. The van der Waals surface area contributed by atoms with Crippen LogP contribution in [-0.2, 0) is 4.79 Å². The first-order valence-corrected chi connectivity index (χ1v) is 7.51. The Hall–Kier alpha value is -2.82. The van der Waals surface area contributed by atoms with E-state index in [1.165, 1.54) is 0 Å². The van der Waals surface area contributed by atoms with Crippen LogP contribution in [-0.4, -0.2) is 29.9 Å². The molecule has 1 unspecified atom stereocenters. The molecular formula is C18H19N3O2. The molecule has 0 saturated carbocycles. The first kappa shape index (κ1) is 15.1. The minimum Gasteiger partial charge on any atom is -0.352 e. The van der Waals surface area contributed by atoms with E-state index in [4.69, 9.17) is 5.73 Å². The Morgan fingerprint density at radius 1 is 1.04 bits per heavy atom. The Morgan fingerprint density at radius 3 is 2.00 bits per heavy atom. The average Bonchev–Trinajstić information content (AvgIpc) is 2.87. The number of nitrogens with zero attached hydrogens (tertiary/aromatic N) is 1. The molecule has 0 heterocycles. The summed E-state index contributed by atoms with van der Waals surface area (Å²) >= 11 is 0. The van der Waals surface area contributed by atoms with Crippen LogP contribution < -0.4 is 11.1 Å². The summed E-state index contributed by atoms with van der Waals surface area (Å²) in [6.45, 7) is 1.64. The first-order valence-electron chi connectivity index (χ1n) is 7.51. The van der Waals surface area contributed by atoms with Crippen LogP contribution in [0.1, 0.15) is 24.1 Å². The summed E-state index contributed by atoms with van der Waals surface area (Å²) in [6, 6.07) is 14.6. The fourth-order valence-electron chi connectivity index (χ4n) is 3.25. The van der Waals surface area contributed by atoms with E-state index < -0.39 is 12.1 Å². The second-order valence-corrected chi connectivity index (χ2v) is 5.76. The van der Waals surface area contributed by atoms with Crippen LogP contribution >= 0.6 is 0 Å². The molecular weight excluding hydrogens is 290 g/mol. The van der Waals surface area contributed by atoms with E-state index in [-0.39, 0.29) is 11.9 Å². The maximum atomic E-state index is 12.6. The van der Waals surface area contributed by atoms with Crippen molar-refractivity contribution in [3.05, 3.63) is 59.7 Å². The van der Waals surface area contributed by atoms with Crippen LogP contribution in [0, 0.1) is 0 Å². The van der Waals surface area contributed by atoms with Gasteiger partial charge in [0.15, 0.2) is 0 Å². The predicted octanol–water partition coefficient (Wildman–Crippen LogP) is 2.27. The lowest BCUT2D eigenvalue weighted by Gasteiger charge is -2.29. The van der Waals surface area contributed by atoms with E-state index in [2.05, 4.69) is 17.4 Å². The van der Waals surface area contributed by atoms with E-state index in [1.54, 1.807) is 18.9 Å². The number of amides is 3. The number of fused-ring (bicyclic) bond motifs is 3. The van der Waals surface area contributed by atoms with Crippen molar-refractivity contribution in [2.45, 2.75) is 19.0 Å². The molecule has 0 aliphatic heterocycles. The molecule has 0 saturated heterocycles. The number of carbonyl (C=O) groups is 2. The third-order valence-corrected chi connectivity index (χ3v) is 4.27. The van der Waals surface area contributed by atoms with Gasteiger partial charge in [0.1, 0.15) is 6.04 Å². The van der Waals surface area contributed by atoms with Gasteiger partial charge < -0.3 is 16.0 Å². The molecule has 0 radical (unpaired) electrons.